The normalized spacial score (nSPS) is 24.9. The van der Waals surface area contributed by atoms with Crippen LogP contribution in [0.5, 0.6) is 0 Å². The molecule has 1 aromatic rings. The lowest BCUT2D eigenvalue weighted by Gasteiger charge is -2.32. The number of benzene rings is 1. The van der Waals surface area contributed by atoms with Crippen LogP contribution in [0.2, 0.25) is 0 Å². The number of hydrazine groups is 1. The molecule has 0 aromatic heterocycles. The lowest BCUT2D eigenvalue weighted by molar-refractivity contribution is -0.914. The van der Waals surface area contributed by atoms with Crippen LogP contribution in [0.15, 0.2) is 24.3 Å². The van der Waals surface area contributed by atoms with Crippen molar-refractivity contribution >= 4 is 23.4 Å². The maximum Gasteiger partial charge on any atom is 0.269 e. The Morgan fingerprint density at radius 1 is 1.14 bits per heavy atom. The van der Waals surface area contributed by atoms with Gasteiger partial charge in [0.1, 0.15) is 25.3 Å². The number of nitrogens with one attached hydrogen (secondary N) is 3. The summed E-state index contributed by atoms with van der Waals surface area (Å²) in [6.07, 6.45) is 2.15. The predicted octanol–water partition coefficient (Wildman–Crippen LogP) is -0.343. The molecule has 1 aromatic carbocycles. The van der Waals surface area contributed by atoms with Gasteiger partial charge in [-0.2, -0.15) is 0 Å². The van der Waals surface area contributed by atoms with Crippen molar-refractivity contribution in [1.29, 1.82) is 0 Å². The monoisotopic (exact) mass is 389 g/mol. The van der Waals surface area contributed by atoms with Gasteiger partial charge in [-0.1, -0.05) is 0 Å². The highest BCUT2D eigenvalue weighted by Gasteiger charge is 2.26. The van der Waals surface area contributed by atoms with Crippen LogP contribution in [0.25, 0.3) is 0 Å². The van der Waals surface area contributed by atoms with Gasteiger partial charge in [0.25, 0.3) is 5.91 Å². The first kappa shape index (κ1) is 20.3. The molecule has 1 unspecified atom stereocenters. The fraction of sp³-hybridized carbons (Fsp3) is 0.550. The Morgan fingerprint density at radius 2 is 1.82 bits per heavy atom. The summed E-state index contributed by atoms with van der Waals surface area (Å²) in [6.45, 7) is 7.27. The number of carbonyl (C=O) groups is 3. The van der Waals surface area contributed by atoms with Gasteiger partial charge in [-0.15, -0.1) is 0 Å². The molecule has 2 aliphatic heterocycles. The van der Waals surface area contributed by atoms with Gasteiger partial charge in [-0.3, -0.25) is 25.2 Å². The topological polar surface area (TPSA) is 92.2 Å². The van der Waals surface area contributed by atoms with Crippen molar-refractivity contribution in [3.8, 4) is 0 Å². The minimum absolute atomic E-state index is 0.107. The summed E-state index contributed by atoms with van der Waals surface area (Å²) in [6, 6.07) is 6.82. The Balaban J connectivity index is 1.42. The Labute approximate surface area is 165 Å². The molecule has 28 heavy (non-hydrogen) atoms. The zero-order valence-electron chi connectivity index (χ0n) is 16.5. The second-order valence-corrected chi connectivity index (χ2v) is 7.61. The molecule has 0 saturated carbocycles. The molecule has 0 spiro atoms. The van der Waals surface area contributed by atoms with E-state index in [0.717, 1.165) is 25.2 Å². The summed E-state index contributed by atoms with van der Waals surface area (Å²) in [4.78, 5) is 39.1. The number of hydrogen-bond acceptors (Lipinski definition) is 4. The molecule has 2 heterocycles. The van der Waals surface area contributed by atoms with Crippen molar-refractivity contribution in [1.82, 2.24) is 10.9 Å². The SMILES string of the molecule is C[C@@H]1C[NH+](CCC(=O)NNC(=O)c2ccc(N3CCCC3=O)cc2)C[C@H](C)O1. The number of nitrogens with zero attached hydrogens (tertiary/aromatic N) is 1. The van der Waals surface area contributed by atoms with Gasteiger partial charge in [0.15, 0.2) is 0 Å². The molecule has 2 fully saturated rings. The number of carbonyl (C=O) groups excluding carboxylic acids is 3. The van der Waals surface area contributed by atoms with Crippen LogP contribution in [0.1, 0.15) is 43.5 Å². The molecule has 3 rings (SSSR count). The van der Waals surface area contributed by atoms with Gasteiger partial charge >= 0.3 is 0 Å². The number of amides is 3. The van der Waals surface area contributed by atoms with E-state index >= 15 is 0 Å². The van der Waals surface area contributed by atoms with Gasteiger partial charge in [0.2, 0.25) is 11.8 Å². The first-order valence-electron chi connectivity index (χ1n) is 9.91. The van der Waals surface area contributed by atoms with E-state index in [1.165, 1.54) is 4.90 Å². The Kier molecular flexibility index (Phi) is 6.64. The maximum absolute atomic E-state index is 12.2. The molecule has 3 amide bonds. The molecule has 8 nitrogen and oxygen atoms in total. The minimum atomic E-state index is -0.381. The average Bonchev–Trinajstić information content (AvgIpc) is 3.10. The van der Waals surface area contributed by atoms with Crippen molar-refractivity contribution in [3.63, 3.8) is 0 Å². The van der Waals surface area contributed by atoms with Crippen LogP contribution in [0.3, 0.4) is 0 Å². The van der Waals surface area contributed by atoms with E-state index in [0.29, 0.717) is 31.5 Å². The van der Waals surface area contributed by atoms with Crippen molar-refractivity contribution in [2.24, 2.45) is 0 Å². The Hall–Kier alpha value is -2.45. The zero-order chi connectivity index (χ0) is 20.1. The lowest BCUT2D eigenvalue weighted by Crippen LogP contribution is -3.15. The van der Waals surface area contributed by atoms with E-state index in [-0.39, 0.29) is 29.9 Å². The number of quaternary nitrogens is 1. The fourth-order valence-corrected chi connectivity index (χ4v) is 3.86. The number of morpholine rings is 1. The van der Waals surface area contributed by atoms with Crippen LogP contribution in [0.4, 0.5) is 5.69 Å². The van der Waals surface area contributed by atoms with Crippen LogP contribution >= 0.6 is 0 Å². The lowest BCUT2D eigenvalue weighted by atomic mass is 10.2. The summed E-state index contributed by atoms with van der Waals surface area (Å²) in [5.74, 6) is -0.490. The van der Waals surface area contributed by atoms with E-state index < -0.39 is 0 Å². The number of rotatable bonds is 5. The molecule has 2 saturated heterocycles. The van der Waals surface area contributed by atoms with Gasteiger partial charge in [-0.05, 0) is 44.5 Å². The van der Waals surface area contributed by atoms with Crippen molar-refractivity contribution < 1.29 is 24.0 Å². The number of hydrogen-bond donors (Lipinski definition) is 3. The average molecular weight is 389 g/mol. The standard InChI is InChI=1S/C20H28N4O4/c1-14-12-23(13-15(2)28-14)11-9-18(25)21-22-20(27)16-5-7-17(8-6-16)24-10-3-4-19(24)26/h5-8,14-15H,3-4,9-13H2,1-2H3,(H,21,25)(H,22,27)/p+1/t14-,15+. The van der Waals surface area contributed by atoms with E-state index in [1.54, 1.807) is 29.2 Å². The molecule has 3 atom stereocenters. The summed E-state index contributed by atoms with van der Waals surface area (Å²) in [7, 11) is 0. The highest BCUT2D eigenvalue weighted by molar-refractivity contribution is 5.98. The van der Waals surface area contributed by atoms with Crippen LogP contribution in [-0.2, 0) is 14.3 Å². The predicted molar refractivity (Wildman–Crippen MR) is 104 cm³/mol. The van der Waals surface area contributed by atoms with Crippen LogP contribution in [-0.4, -0.2) is 56.1 Å². The summed E-state index contributed by atoms with van der Waals surface area (Å²) >= 11 is 0. The molecule has 0 bridgehead atoms. The van der Waals surface area contributed by atoms with E-state index in [1.807, 2.05) is 13.8 Å². The summed E-state index contributed by atoms with van der Waals surface area (Å²) in [5.41, 5.74) is 6.14. The molecule has 2 aliphatic rings. The summed E-state index contributed by atoms with van der Waals surface area (Å²) in [5, 5.41) is 0. The third-order valence-corrected chi connectivity index (χ3v) is 5.15. The molecular weight excluding hydrogens is 360 g/mol. The summed E-state index contributed by atoms with van der Waals surface area (Å²) < 4.78 is 5.70. The molecule has 0 aliphatic carbocycles. The zero-order valence-corrected chi connectivity index (χ0v) is 16.5. The second-order valence-electron chi connectivity index (χ2n) is 7.61. The van der Waals surface area contributed by atoms with E-state index in [2.05, 4.69) is 10.9 Å². The third kappa shape index (κ3) is 5.30. The Morgan fingerprint density at radius 3 is 2.43 bits per heavy atom. The molecule has 0 radical (unpaired) electrons. The fourth-order valence-electron chi connectivity index (χ4n) is 3.86. The van der Waals surface area contributed by atoms with Crippen LogP contribution in [0, 0.1) is 0 Å². The van der Waals surface area contributed by atoms with E-state index in [9.17, 15) is 14.4 Å². The maximum atomic E-state index is 12.2. The molecular formula is C20H29N4O4+. The van der Waals surface area contributed by atoms with Crippen molar-refractivity contribution in [2.45, 2.75) is 45.3 Å². The van der Waals surface area contributed by atoms with E-state index in [4.69, 9.17) is 4.74 Å². The number of ether oxygens (including phenoxy) is 1. The quantitative estimate of drug-likeness (QED) is 0.601. The van der Waals surface area contributed by atoms with Gasteiger partial charge in [-0.25, -0.2) is 0 Å². The second kappa shape index (κ2) is 9.16. The Bertz CT molecular complexity index is 711. The van der Waals surface area contributed by atoms with Crippen molar-refractivity contribution in [3.05, 3.63) is 29.8 Å². The first-order chi connectivity index (χ1) is 13.4. The highest BCUT2D eigenvalue weighted by atomic mass is 16.5. The largest absolute Gasteiger partial charge is 0.364 e. The third-order valence-electron chi connectivity index (χ3n) is 5.15. The van der Waals surface area contributed by atoms with Crippen LogP contribution < -0.4 is 20.7 Å². The van der Waals surface area contributed by atoms with Gasteiger partial charge < -0.3 is 14.5 Å². The highest BCUT2D eigenvalue weighted by Crippen LogP contribution is 2.21. The minimum Gasteiger partial charge on any atom is -0.364 e. The molecule has 152 valence electrons. The molecule has 3 N–H and O–H groups in total. The smallest absolute Gasteiger partial charge is 0.269 e. The molecule has 8 heteroatoms. The van der Waals surface area contributed by atoms with Crippen molar-refractivity contribution in [2.75, 3.05) is 31.1 Å². The first-order valence-corrected chi connectivity index (χ1v) is 9.91. The van der Waals surface area contributed by atoms with Gasteiger partial charge in [0, 0.05) is 24.2 Å². The number of anilines is 1. The van der Waals surface area contributed by atoms with Gasteiger partial charge in [0.05, 0.1) is 13.0 Å².